The van der Waals surface area contributed by atoms with Crippen molar-refractivity contribution in [3.63, 3.8) is 0 Å². The summed E-state index contributed by atoms with van der Waals surface area (Å²) in [5, 5.41) is 10.3. The van der Waals surface area contributed by atoms with Gasteiger partial charge in [-0.05, 0) is 12.1 Å². The Hall–Kier alpha value is -1.84. The van der Waals surface area contributed by atoms with Gasteiger partial charge in [0, 0.05) is 22.4 Å². The number of benzene rings is 2. The number of hydrogen-bond donors (Lipinski definition) is 1. The largest absolute Gasteiger partial charge is 0.506 e. The monoisotopic (exact) mass is 307 g/mol. The van der Waals surface area contributed by atoms with Gasteiger partial charge in [0.2, 0.25) is 0 Å². The summed E-state index contributed by atoms with van der Waals surface area (Å²) in [7, 11) is 0. The minimum absolute atomic E-state index is 0.00636. The van der Waals surface area contributed by atoms with Gasteiger partial charge >= 0.3 is 0 Å². The lowest BCUT2D eigenvalue weighted by Gasteiger charge is -2.02. The van der Waals surface area contributed by atoms with Crippen LogP contribution in [0.3, 0.4) is 0 Å². The van der Waals surface area contributed by atoms with Crippen LogP contribution in [0.25, 0.3) is 0 Å². The van der Waals surface area contributed by atoms with Crippen molar-refractivity contribution in [3.8, 4) is 5.75 Å². The van der Waals surface area contributed by atoms with Crippen molar-refractivity contribution in [2.24, 2.45) is 4.99 Å². The van der Waals surface area contributed by atoms with Gasteiger partial charge in [-0.15, -0.1) is 0 Å². The standard InChI is InChI=1S/C15H11Cl2NO2/c16-12-6-11(15(20)13(17)7-12)8-18-9-14(19)10-4-2-1-3-5-10/h1-8,20H,9H2. The molecule has 0 aliphatic rings. The maximum absolute atomic E-state index is 11.8. The molecule has 0 saturated heterocycles. The predicted molar refractivity (Wildman–Crippen MR) is 81.4 cm³/mol. The molecule has 102 valence electrons. The number of nitrogens with zero attached hydrogens (tertiary/aromatic N) is 1. The number of Topliss-reactive ketones (excluding diaryl/α,β-unsaturated/α-hetero) is 1. The molecule has 0 spiro atoms. The summed E-state index contributed by atoms with van der Waals surface area (Å²) in [4.78, 5) is 15.8. The van der Waals surface area contributed by atoms with Gasteiger partial charge in [0.15, 0.2) is 5.78 Å². The van der Waals surface area contributed by atoms with Gasteiger partial charge in [-0.1, -0.05) is 53.5 Å². The summed E-state index contributed by atoms with van der Waals surface area (Å²) in [5.41, 5.74) is 0.973. The van der Waals surface area contributed by atoms with E-state index < -0.39 is 0 Å². The van der Waals surface area contributed by atoms with Gasteiger partial charge in [0.1, 0.15) is 12.3 Å². The topological polar surface area (TPSA) is 49.7 Å². The molecule has 1 N–H and O–H groups in total. The third-order valence-corrected chi connectivity index (χ3v) is 3.13. The molecule has 5 heteroatoms. The Kier molecular flexibility index (Phi) is 4.77. The summed E-state index contributed by atoms with van der Waals surface area (Å²) in [6.07, 6.45) is 1.38. The summed E-state index contributed by atoms with van der Waals surface area (Å²) >= 11 is 11.6. The molecule has 2 rings (SSSR count). The highest BCUT2D eigenvalue weighted by Crippen LogP contribution is 2.29. The second kappa shape index (κ2) is 6.55. The molecule has 0 aromatic heterocycles. The van der Waals surface area contributed by atoms with Gasteiger partial charge in [0.25, 0.3) is 0 Å². The summed E-state index contributed by atoms with van der Waals surface area (Å²) in [5.74, 6) is -0.207. The zero-order valence-corrected chi connectivity index (χ0v) is 11.9. The fourth-order valence-corrected chi connectivity index (χ4v) is 2.14. The Balaban J connectivity index is 2.10. The SMILES string of the molecule is O=C(CN=Cc1cc(Cl)cc(Cl)c1O)c1ccccc1. The van der Waals surface area contributed by atoms with Crippen LogP contribution in [0.5, 0.6) is 5.75 Å². The van der Waals surface area contributed by atoms with Crippen molar-refractivity contribution in [1.82, 2.24) is 0 Å². The van der Waals surface area contributed by atoms with Crippen LogP contribution in [-0.2, 0) is 0 Å². The summed E-state index contributed by atoms with van der Waals surface area (Å²) < 4.78 is 0. The Bertz CT molecular complexity index is 654. The van der Waals surface area contributed by atoms with E-state index in [1.165, 1.54) is 18.3 Å². The molecule has 0 heterocycles. The van der Waals surface area contributed by atoms with Gasteiger partial charge in [-0.25, -0.2) is 0 Å². The Labute approximate surface area is 126 Å². The third kappa shape index (κ3) is 3.59. The number of aliphatic imine (C=N–C) groups is 1. The van der Waals surface area contributed by atoms with Gasteiger partial charge in [-0.3, -0.25) is 9.79 Å². The Morgan fingerprint density at radius 3 is 2.60 bits per heavy atom. The zero-order valence-electron chi connectivity index (χ0n) is 10.4. The highest BCUT2D eigenvalue weighted by atomic mass is 35.5. The average molecular weight is 308 g/mol. The molecule has 0 aliphatic heterocycles. The molecule has 2 aromatic carbocycles. The number of phenolic OH excluding ortho intramolecular Hbond substituents is 1. The van der Waals surface area contributed by atoms with E-state index in [0.717, 1.165) is 0 Å². The lowest BCUT2D eigenvalue weighted by atomic mass is 10.1. The van der Waals surface area contributed by atoms with E-state index in [0.29, 0.717) is 16.1 Å². The molecule has 0 atom stereocenters. The van der Waals surface area contributed by atoms with E-state index in [9.17, 15) is 9.90 Å². The van der Waals surface area contributed by atoms with Crippen LogP contribution in [0.1, 0.15) is 15.9 Å². The number of ketones is 1. The van der Waals surface area contributed by atoms with Crippen LogP contribution < -0.4 is 0 Å². The smallest absolute Gasteiger partial charge is 0.184 e. The molecular weight excluding hydrogens is 297 g/mol. The quantitative estimate of drug-likeness (QED) is 0.685. The second-order valence-corrected chi connectivity index (χ2v) is 4.93. The minimum Gasteiger partial charge on any atom is -0.506 e. The van der Waals surface area contributed by atoms with Crippen molar-refractivity contribution in [1.29, 1.82) is 0 Å². The molecule has 0 bridgehead atoms. The van der Waals surface area contributed by atoms with E-state index >= 15 is 0 Å². The molecule has 0 unspecified atom stereocenters. The van der Waals surface area contributed by atoms with E-state index in [-0.39, 0.29) is 23.1 Å². The van der Waals surface area contributed by atoms with Crippen molar-refractivity contribution in [3.05, 3.63) is 63.6 Å². The van der Waals surface area contributed by atoms with Gasteiger partial charge in [-0.2, -0.15) is 0 Å². The lowest BCUT2D eigenvalue weighted by molar-refractivity contribution is 0.100. The molecule has 0 amide bonds. The maximum atomic E-state index is 11.8. The molecule has 2 aromatic rings. The second-order valence-electron chi connectivity index (χ2n) is 4.08. The normalized spacial score (nSPS) is 10.9. The number of halogens is 2. The summed E-state index contributed by atoms with van der Waals surface area (Å²) in [6.45, 7) is -0.00636. The van der Waals surface area contributed by atoms with E-state index in [2.05, 4.69) is 4.99 Å². The molecule has 3 nitrogen and oxygen atoms in total. The van der Waals surface area contributed by atoms with Crippen LogP contribution in [0.15, 0.2) is 47.5 Å². The average Bonchev–Trinajstić information content (AvgIpc) is 2.44. The minimum atomic E-state index is -0.105. The van der Waals surface area contributed by atoms with Crippen LogP contribution >= 0.6 is 23.2 Å². The molecule has 0 saturated carbocycles. The fourth-order valence-electron chi connectivity index (χ4n) is 1.63. The van der Waals surface area contributed by atoms with Crippen molar-refractivity contribution < 1.29 is 9.90 Å². The third-order valence-electron chi connectivity index (χ3n) is 2.62. The number of phenols is 1. The molecular formula is C15H11Cl2NO2. The number of hydrogen-bond acceptors (Lipinski definition) is 3. The number of carbonyl (C=O) groups excluding carboxylic acids is 1. The lowest BCUT2D eigenvalue weighted by Crippen LogP contribution is -2.03. The highest BCUT2D eigenvalue weighted by Gasteiger charge is 2.07. The summed E-state index contributed by atoms with van der Waals surface area (Å²) in [6, 6.07) is 11.8. The number of carbonyl (C=O) groups is 1. The van der Waals surface area contributed by atoms with Crippen LogP contribution in [0, 0.1) is 0 Å². The first-order valence-electron chi connectivity index (χ1n) is 5.84. The number of aromatic hydroxyl groups is 1. The zero-order chi connectivity index (χ0) is 14.5. The fraction of sp³-hybridized carbons (Fsp3) is 0.0667. The molecule has 20 heavy (non-hydrogen) atoms. The first kappa shape index (κ1) is 14.6. The maximum Gasteiger partial charge on any atom is 0.184 e. The Morgan fingerprint density at radius 2 is 1.90 bits per heavy atom. The van der Waals surface area contributed by atoms with E-state index in [4.69, 9.17) is 23.2 Å². The highest BCUT2D eigenvalue weighted by molar-refractivity contribution is 6.36. The predicted octanol–water partition coefficient (Wildman–Crippen LogP) is 4.00. The molecule has 0 fully saturated rings. The van der Waals surface area contributed by atoms with Crippen molar-refractivity contribution in [2.75, 3.05) is 6.54 Å². The first-order valence-corrected chi connectivity index (χ1v) is 6.59. The number of rotatable bonds is 4. The van der Waals surface area contributed by atoms with Crippen LogP contribution in [0.4, 0.5) is 0 Å². The first-order chi connectivity index (χ1) is 9.58. The van der Waals surface area contributed by atoms with E-state index in [1.54, 1.807) is 24.3 Å². The van der Waals surface area contributed by atoms with Crippen LogP contribution in [-0.4, -0.2) is 23.6 Å². The Morgan fingerprint density at radius 1 is 1.20 bits per heavy atom. The van der Waals surface area contributed by atoms with Crippen LogP contribution in [0.2, 0.25) is 10.0 Å². The van der Waals surface area contributed by atoms with Crippen molar-refractivity contribution in [2.45, 2.75) is 0 Å². The van der Waals surface area contributed by atoms with Gasteiger partial charge in [0.05, 0.1) is 5.02 Å². The molecule has 0 aliphatic carbocycles. The van der Waals surface area contributed by atoms with Gasteiger partial charge < -0.3 is 5.11 Å². The van der Waals surface area contributed by atoms with E-state index in [1.807, 2.05) is 6.07 Å². The molecule has 0 radical (unpaired) electrons. The van der Waals surface area contributed by atoms with Crippen molar-refractivity contribution >= 4 is 35.2 Å².